The van der Waals surface area contributed by atoms with Crippen molar-refractivity contribution in [3.05, 3.63) is 35.5 Å². The average Bonchev–Trinajstić information content (AvgIpc) is 2.83. The molecule has 33 heavy (non-hydrogen) atoms. The molecule has 1 aromatic carbocycles. The first kappa shape index (κ1) is 23.0. The SMILES string of the molecule is CCNC(=O)Nc1ccc(-c2nc3c(c(N4CCOC[C@@H]4CC)n2)CCN(C(C)=O)C3)cc1. The van der Waals surface area contributed by atoms with Crippen LogP contribution in [0.5, 0.6) is 0 Å². The molecule has 0 radical (unpaired) electrons. The van der Waals surface area contributed by atoms with Crippen molar-refractivity contribution >= 4 is 23.4 Å². The molecule has 1 aromatic heterocycles. The van der Waals surface area contributed by atoms with Crippen LogP contribution in [0.25, 0.3) is 11.4 Å². The molecule has 1 atom stereocenters. The molecule has 0 saturated carbocycles. The topological polar surface area (TPSA) is 99.7 Å². The Labute approximate surface area is 194 Å². The number of hydrogen-bond donors (Lipinski definition) is 2. The van der Waals surface area contributed by atoms with Crippen LogP contribution >= 0.6 is 0 Å². The summed E-state index contributed by atoms with van der Waals surface area (Å²) in [5.41, 5.74) is 3.60. The van der Waals surface area contributed by atoms with Crippen LogP contribution in [0, 0.1) is 0 Å². The van der Waals surface area contributed by atoms with Gasteiger partial charge in [0.1, 0.15) is 5.82 Å². The summed E-state index contributed by atoms with van der Waals surface area (Å²) in [6.45, 7) is 9.51. The van der Waals surface area contributed by atoms with Gasteiger partial charge in [-0.15, -0.1) is 0 Å². The first-order chi connectivity index (χ1) is 16.0. The predicted molar refractivity (Wildman–Crippen MR) is 127 cm³/mol. The van der Waals surface area contributed by atoms with Crippen molar-refractivity contribution in [2.75, 3.05) is 43.1 Å². The molecular weight excluding hydrogens is 420 g/mol. The largest absolute Gasteiger partial charge is 0.377 e. The second-order valence-electron chi connectivity index (χ2n) is 8.38. The molecule has 1 saturated heterocycles. The van der Waals surface area contributed by atoms with E-state index in [1.165, 1.54) is 0 Å². The van der Waals surface area contributed by atoms with E-state index in [1.807, 2.05) is 36.1 Å². The number of anilines is 2. The summed E-state index contributed by atoms with van der Waals surface area (Å²) in [5.74, 6) is 1.64. The molecule has 3 heterocycles. The van der Waals surface area contributed by atoms with Gasteiger partial charge in [-0.2, -0.15) is 0 Å². The first-order valence-corrected chi connectivity index (χ1v) is 11.6. The number of ether oxygens (including phenoxy) is 1. The third-order valence-corrected chi connectivity index (χ3v) is 6.20. The number of urea groups is 1. The molecule has 176 valence electrons. The van der Waals surface area contributed by atoms with E-state index in [1.54, 1.807) is 6.92 Å². The zero-order valence-electron chi connectivity index (χ0n) is 19.6. The molecule has 2 aliphatic rings. The monoisotopic (exact) mass is 452 g/mol. The van der Waals surface area contributed by atoms with Crippen LogP contribution in [0.2, 0.25) is 0 Å². The molecule has 2 aliphatic heterocycles. The van der Waals surface area contributed by atoms with E-state index in [0.717, 1.165) is 42.0 Å². The van der Waals surface area contributed by atoms with Gasteiger partial charge in [0.15, 0.2) is 5.82 Å². The van der Waals surface area contributed by atoms with Crippen LogP contribution < -0.4 is 15.5 Å². The van der Waals surface area contributed by atoms with Crippen molar-refractivity contribution in [1.29, 1.82) is 0 Å². The van der Waals surface area contributed by atoms with Gasteiger partial charge in [0.05, 0.1) is 31.5 Å². The van der Waals surface area contributed by atoms with E-state index < -0.39 is 0 Å². The lowest BCUT2D eigenvalue weighted by Crippen LogP contribution is -2.47. The highest BCUT2D eigenvalue weighted by Crippen LogP contribution is 2.32. The highest BCUT2D eigenvalue weighted by atomic mass is 16.5. The number of carbonyl (C=O) groups is 2. The van der Waals surface area contributed by atoms with Gasteiger partial charge >= 0.3 is 6.03 Å². The smallest absolute Gasteiger partial charge is 0.319 e. The van der Waals surface area contributed by atoms with Gasteiger partial charge in [-0.1, -0.05) is 6.92 Å². The van der Waals surface area contributed by atoms with E-state index in [9.17, 15) is 9.59 Å². The minimum absolute atomic E-state index is 0.0564. The van der Waals surface area contributed by atoms with Gasteiger partial charge in [0.25, 0.3) is 0 Å². The summed E-state index contributed by atoms with van der Waals surface area (Å²) >= 11 is 0. The Bertz CT molecular complexity index is 1010. The van der Waals surface area contributed by atoms with Crippen molar-refractivity contribution < 1.29 is 14.3 Å². The lowest BCUT2D eigenvalue weighted by atomic mass is 10.0. The predicted octanol–water partition coefficient (Wildman–Crippen LogP) is 2.80. The van der Waals surface area contributed by atoms with Crippen molar-refractivity contribution in [3.8, 4) is 11.4 Å². The van der Waals surface area contributed by atoms with Crippen LogP contribution in [0.15, 0.2) is 24.3 Å². The number of hydrogen-bond acceptors (Lipinski definition) is 6. The molecule has 9 nitrogen and oxygen atoms in total. The van der Waals surface area contributed by atoms with Crippen LogP contribution in [-0.2, 0) is 22.5 Å². The molecule has 0 spiro atoms. The van der Waals surface area contributed by atoms with Crippen molar-refractivity contribution in [3.63, 3.8) is 0 Å². The number of fused-ring (bicyclic) bond motifs is 1. The number of nitrogens with one attached hydrogen (secondary N) is 2. The van der Waals surface area contributed by atoms with Crippen LogP contribution in [0.1, 0.15) is 38.4 Å². The van der Waals surface area contributed by atoms with E-state index in [0.29, 0.717) is 44.4 Å². The Kier molecular flexibility index (Phi) is 7.08. The maximum Gasteiger partial charge on any atom is 0.319 e. The maximum atomic E-state index is 12.0. The highest BCUT2D eigenvalue weighted by molar-refractivity contribution is 5.89. The summed E-state index contributed by atoms with van der Waals surface area (Å²) in [4.78, 5) is 37.9. The number of carbonyl (C=O) groups excluding carboxylic acids is 2. The van der Waals surface area contributed by atoms with Gasteiger partial charge < -0.3 is 25.2 Å². The molecule has 0 bridgehead atoms. The minimum atomic E-state index is -0.236. The summed E-state index contributed by atoms with van der Waals surface area (Å²) in [6, 6.07) is 7.54. The summed E-state index contributed by atoms with van der Waals surface area (Å²) in [6.07, 6.45) is 1.71. The van der Waals surface area contributed by atoms with E-state index in [4.69, 9.17) is 14.7 Å². The zero-order chi connectivity index (χ0) is 23.4. The lowest BCUT2D eigenvalue weighted by Gasteiger charge is -2.39. The molecule has 0 aliphatic carbocycles. The normalized spacial score (nSPS) is 18.0. The number of rotatable bonds is 5. The fraction of sp³-hybridized carbons (Fsp3) is 0.500. The average molecular weight is 453 g/mol. The summed E-state index contributed by atoms with van der Waals surface area (Å²) in [7, 11) is 0. The molecule has 0 unspecified atom stereocenters. The highest BCUT2D eigenvalue weighted by Gasteiger charge is 2.30. The first-order valence-electron chi connectivity index (χ1n) is 11.6. The summed E-state index contributed by atoms with van der Waals surface area (Å²) in [5, 5.41) is 5.53. The number of morpholine rings is 1. The Morgan fingerprint density at radius 2 is 1.94 bits per heavy atom. The minimum Gasteiger partial charge on any atom is -0.377 e. The van der Waals surface area contributed by atoms with Gasteiger partial charge in [-0.05, 0) is 44.0 Å². The quantitative estimate of drug-likeness (QED) is 0.724. The molecular formula is C24H32N6O3. The Hall–Kier alpha value is -3.20. The standard InChI is InChI=1S/C24H32N6O3/c1-4-19-15-33-13-12-30(19)23-20-10-11-29(16(3)31)14-21(20)27-22(28-23)17-6-8-18(9-7-17)26-24(32)25-5-2/h6-9,19H,4-5,10-15H2,1-3H3,(H2,25,26,32)/t19-/m0/s1. The molecule has 1 fully saturated rings. The van der Waals surface area contributed by atoms with Crippen molar-refractivity contribution in [1.82, 2.24) is 20.2 Å². The Morgan fingerprint density at radius 3 is 2.64 bits per heavy atom. The summed E-state index contributed by atoms with van der Waals surface area (Å²) < 4.78 is 5.72. The Morgan fingerprint density at radius 1 is 1.15 bits per heavy atom. The van der Waals surface area contributed by atoms with Gasteiger partial charge in [-0.25, -0.2) is 14.8 Å². The molecule has 2 aromatic rings. The van der Waals surface area contributed by atoms with Crippen molar-refractivity contribution in [2.45, 2.75) is 46.2 Å². The second kappa shape index (κ2) is 10.2. The van der Waals surface area contributed by atoms with Gasteiger partial charge in [0, 0.05) is 43.4 Å². The third-order valence-electron chi connectivity index (χ3n) is 6.20. The fourth-order valence-corrected chi connectivity index (χ4v) is 4.36. The Balaban J connectivity index is 1.70. The third kappa shape index (κ3) is 5.08. The van der Waals surface area contributed by atoms with Crippen molar-refractivity contribution in [2.24, 2.45) is 0 Å². The van der Waals surface area contributed by atoms with E-state index in [2.05, 4.69) is 22.5 Å². The number of benzene rings is 1. The second-order valence-corrected chi connectivity index (χ2v) is 8.38. The number of nitrogens with zero attached hydrogens (tertiary/aromatic N) is 4. The van der Waals surface area contributed by atoms with Crippen LogP contribution in [-0.4, -0.2) is 65.7 Å². The van der Waals surface area contributed by atoms with Gasteiger partial charge in [-0.3, -0.25) is 4.79 Å². The molecule has 2 N–H and O–H groups in total. The van der Waals surface area contributed by atoms with E-state index in [-0.39, 0.29) is 18.0 Å². The lowest BCUT2D eigenvalue weighted by molar-refractivity contribution is -0.129. The number of amides is 3. The number of aromatic nitrogens is 2. The van der Waals surface area contributed by atoms with Gasteiger partial charge in [0.2, 0.25) is 5.91 Å². The maximum absolute atomic E-state index is 12.0. The fourth-order valence-electron chi connectivity index (χ4n) is 4.36. The zero-order valence-corrected chi connectivity index (χ0v) is 19.6. The molecule has 4 rings (SSSR count). The molecule has 9 heteroatoms. The van der Waals surface area contributed by atoms with E-state index >= 15 is 0 Å². The van der Waals surface area contributed by atoms with Crippen LogP contribution in [0.4, 0.5) is 16.3 Å². The van der Waals surface area contributed by atoms with Crippen LogP contribution in [0.3, 0.4) is 0 Å². The molecule has 3 amide bonds.